The molecule has 0 amide bonds. The zero-order valence-corrected chi connectivity index (χ0v) is 7.31. The van der Waals surface area contributed by atoms with Gasteiger partial charge in [-0.3, -0.25) is 0 Å². The molecule has 0 aromatic rings. The molecule has 0 saturated carbocycles. The van der Waals surface area contributed by atoms with Crippen LogP contribution in [-0.2, 0) is 9.47 Å². The van der Waals surface area contributed by atoms with Gasteiger partial charge in [-0.1, -0.05) is 6.08 Å². The van der Waals surface area contributed by atoms with E-state index in [1.165, 1.54) is 6.08 Å². The summed E-state index contributed by atoms with van der Waals surface area (Å²) in [6.45, 7) is 2.80. The number of aliphatic hydroxyl groups is 2. The molecule has 0 rings (SSSR count). The Morgan fingerprint density at radius 3 is 2.69 bits per heavy atom. The average Bonchev–Trinajstić information content (AvgIpc) is 2.14. The summed E-state index contributed by atoms with van der Waals surface area (Å²) in [5, 5.41) is 17.0. The van der Waals surface area contributed by atoms with Gasteiger partial charge in [-0.25, -0.2) is 4.79 Å². The van der Waals surface area contributed by atoms with Crippen LogP contribution in [0.3, 0.4) is 0 Å². The second-order valence-electron chi connectivity index (χ2n) is 2.27. The van der Waals surface area contributed by atoms with Gasteiger partial charge < -0.3 is 19.7 Å². The van der Waals surface area contributed by atoms with Gasteiger partial charge in [-0.05, 0) is 0 Å². The van der Waals surface area contributed by atoms with Crippen LogP contribution in [0.25, 0.3) is 0 Å². The van der Waals surface area contributed by atoms with Crippen LogP contribution >= 0.6 is 0 Å². The highest BCUT2D eigenvalue weighted by Gasteiger charge is 2.12. The minimum atomic E-state index is -0.894. The zero-order chi connectivity index (χ0) is 10.1. The summed E-state index contributed by atoms with van der Waals surface area (Å²) in [7, 11) is 0. The third-order valence-electron chi connectivity index (χ3n) is 1.21. The van der Waals surface area contributed by atoms with Crippen LogP contribution in [0.15, 0.2) is 12.7 Å². The topological polar surface area (TPSA) is 76.0 Å². The lowest BCUT2D eigenvalue weighted by Gasteiger charge is -2.12. The molecular weight excluding hydrogens is 176 g/mol. The highest BCUT2D eigenvalue weighted by atomic mass is 16.7. The molecule has 0 aromatic carbocycles. The predicted molar refractivity (Wildman–Crippen MR) is 45.2 cm³/mol. The van der Waals surface area contributed by atoms with E-state index in [1.807, 2.05) is 0 Å². The number of hydrogen-bond acceptors (Lipinski definition) is 5. The van der Waals surface area contributed by atoms with Crippen LogP contribution in [0.5, 0.6) is 0 Å². The van der Waals surface area contributed by atoms with Gasteiger partial charge in [0.05, 0.1) is 13.2 Å². The molecule has 2 N–H and O–H groups in total. The van der Waals surface area contributed by atoms with Gasteiger partial charge in [0.1, 0.15) is 12.7 Å². The number of ether oxygens (including phenoxy) is 2. The minimum Gasteiger partial charge on any atom is -0.432 e. The molecule has 0 fully saturated rings. The maximum atomic E-state index is 10.7. The molecular formula is C8H14O5. The van der Waals surface area contributed by atoms with E-state index in [0.717, 1.165) is 0 Å². The van der Waals surface area contributed by atoms with Gasteiger partial charge in [0.15, 0.2) is 0 Å². The molecule has 13 heavy (non-hydrogen) atoms. The van der Waals surface area contributed by atoms with Crippen molar-refractivity contribution in [2.75, 3.05) is 19.8 Å². The third kappa shape index (κ3) is 6.12. The Morgan fingerprint density at radius 1 is 1.54 bits per heavy atom. The first-order valence-electron chi connectivity index (χ1n) is 3.90. The van der Waals surface area contributed by atoms with E-state index in [4.69, 9.17) is 10.2 Å². The van der Waals surface area contributed by atoms with Gasteiger partial charge in [0.2, 0.25) is 0 Å². The Bertz CT molecular complexity index is 157. The molecule has 0 bridgehead atoms. The zero-order valence-electron chi connectivity index (χ0n) is 7.31. The molecule has 0 aliphatic rings. The van der Waals surface area contributed by atoms with Crippen molar-refractivity contribution in [3.63, 3.8) is 0 Å². The van der Waals surface area contributed by atoms with E-state index in [0.29, 0.717) is 6.42 Å². The molecule has 5 nitrogen and oxygen atoms in total. The van der Waals surface area contributed by atoms with Gasteiger partial charge in [-0.2, -0.15) is 0 Å². The molecule has 0 aliphatic carbocycles. The minimum absolute atomic E-state index is 0.106. The Labute approximate surface area is 76.6 Å². The highest BCUT2D eigenvalue weighted by Crippen LogP contribution is 2.00. The summed E-state index contributed by atoms with van der Waals surface area (Å²) in [5.41, 5.74) is 0. The van der Waals surface area contributed by atoms with Crippen LogP contribution < -0.4 is 0 Å². The number of carbonyl (C=O) groups excluding carboxylic acids is 1. The summed E-state index contributed by atoms with van der Waals surface area (Å²) in [4.78, 5) is 10.7. The predicted octanol–water partition coefficient (Wildman–Crippen LogP) is 0.0689. The molecule has 0 heterocycles. The monoisotopic (exact) mass is 190 g/mol. The molecule has 0 aromatic heterocycles. The molecule has 0 radical (unpaired) electrons. The Balaban J connectivity index is 3.65. The highest BCUT2D eigenvalue weighted by molar-refractivity contribution is 5.60. The first kappa shape index (κ1) is 11.9. The quantitative estimate of drug-likeness (QED) is 0.458. The average molecular weight is 190 g/mol. The van der Waals surface area contributed by atoms with Crippen LogP contribution in [0.2, 0.25) is 0 Å². The van der Waals surface area contributed by atoms with Crippen LogP contribution in [0, 0.1) is 0 Å². The second kappa shape index (κ2) is 7.57. The van der Waals surface area contributed by atoms with Crippen molar-refractivity contribution >= 4 is 6.16 Å². The second-order valence-corrected chi connectivity index (χ2v) is 2.27. The van der Waals surface area contributed by atoms with Crippen LogP contribution in [0.1, 0.15) is 6.42 Å². The summed E-state index contributed by atoms with van der Waals surface area (Å²) in [6.07, 6.45) is 0.379. The van der Waals surface area contributed by atoms with E-state index < -0.39 is 12.3 Å². The number of aliphatic hydroxyl groups excluding tert-OH is 2. The van der Waals surface area contributed by atoms with E-state index in [9.17, 15) is 4.79 Å². The van der Waals surface area contributed by atoms with Crippen LogP contribution in [0.4, 0.5) is 4.79 Å². The van der Waals surface area contributed by atoms with E-state index >= 15 is 0 Å². The molecule has 5 heteroatoms. The summed E-state index contributed by atoms with van der Waals surface area (Å²) < 4.78 is 9.06. The SMILES string of the molecule is C=CCC(CO)OC(=O)OCCO. The van der Waals surface area contributed by atoms with Gasteiger partial charge >= 0.3 is 6.16 Å². The Morgan fingerprint density at radius 2 is 2.23 bits per heavy atom. The molecule has 0 saturated heterocycles. The molecule has 0 spiro atoms. The molecule has 1 atom stereocenters. The molecule has 76 valence electrons. The standard InChI is InChI=1S/C8H14O5/c1-2-3-7(6-10)13-8(11)12-5-4-9/h2,7,9-10H,1,3-6H2. The lowest BCUT2D eigenvalue weighted by Crippen LogP contribution is -2.22. The maximum absolute atomic E-state index is 10.7. The molecule has 0 aliphatic heterocycles. The van der Waals surface area contributed by atoms with Gasteiger partial charge in [0, 0.05) is 6.42 Å². The van der Waals surface area contributed by atoms with Crippen molar-refractivity contribution < 1.29 is 24.5 Å². The van der Waals surface area contributed by atoms with Crippen molar-refractivity contribution in [1.29, 1.82) is 0 Å². The number of carbonyl (C=O) groups is 1. The third-order valence-corrected chi connectivity index (χ3v) is 1.21. The van der Waals surface area contributed by atoms with E-state index in [2.05, 4.69) is 16.1 Å². The Hall–Kier alpha value is -1.07. The number of rotatable bonds is 6. The fraction of sp³-hybridized carbons (Fsp3) is 0.625. The smallest absolute Gasteiger partial charge is 0.432 e. The van der Waals surface area contributed by atoms with Crippen molar-refractivity contribution in [2.45, 2.75) is 12.5 Å². The van der Waals surface area contributed by atoms with Gasteiger partial charge in [-0.15, -0.1) is 6.58 Å². The van der Waals surface area contributed by atoms with E-state index in [1.54, 1.807) is 0 Å². The summed E-state index contributed by atoms with van der Waals surface area (Å²) in [6, 6.07) is 0. The van der Waals surface area contributed by atoms with Crippen molar-refractivity contribution in [3.8, 4) is 0 Å². The van der Waals surface area contributed by atoms with E-state index in [-0.39, 0.29) is 19.8 Å². The fourth-order valence-electron chi connectivity index (χ4n) is 0.645. The lowest BCUT2D eigenvalue weighted by molar-refractivity contribution is -0.00160. The normalized spacial score (nSPS) is 11.8. The van der Waals surface area contributed by atoms with Crippen molar-refractivity contribution in [2.24, 2.45) is 0 Å². The summed E-state index contributed by atoms with van der Waals surface area (Å²) >= 11 is 0. The number of hydrogen-bond donors (Lipinski definition) is 2. The first-order chi connectivity index (χ1) is 6.24. The van der Waals surface area contributed by atoms with Crippen LogP contribution in [-0.4, -0.2) is 42.3 Å². The summed E-state index contributed by atoms with van der Waals surface area (Å²) in [5.74, 6) is 0. The fourth-order valence-corrected chi connectivity index (χ4v) is 0.645. The van der Waals surface area contributed by atoms with Crippen molar-refractivity contribution in [1.82, 2.24) is 0 Å². The lowest BCUT2D eigenvalue weighted by atomic mass is 10.3. The first-order valence-corrected chi connectivity index (χ1v) is 3.90. The van der Waals surface area contributed by atoms with Gasteiger partial charge in [0.25, 0.3) is 0 Å². The Kier molecular flexibility index (Phi) is 6.95. The van der Waals surface area contributed by atoms with Crippen molar-refractivity contribution in [3.05, 3.63) is 12.7 Å². The maximum Gasteiger partial charge on any atom is 0.508 e. The molecule has 1 unspecified atom stereocenters. The largest absolute Gasteiger partial charge is 0.508 e.